The van der Waals surface area contributed by atoms with E-state index in [1.54, 1.807) is 0 Å². The third-order valence-electron chi connectivity index (χ3n) is 5.21. The van der Waals surface area contributed by atoms with Gasteiger partial charge < -0.3 is 0 Å². The molecule has 0 saturated heterocycles. The Labute approximate surface area is 182 Å². The summed E-state index contributed by atoms with van der Waals surface area (Å²) in [5.41, 5.74) is 0.0353. The van der Waals surface area contributed by atoms with Crippen LogP contribution in [-0.2, 0) is 0 Å². The predicted molar refractivity (Wildman–Crippen MR) is 128 cm³/mol. The van der Waals surface area contributed by atoms with Crippen LogP contribution in [0, 0.1) is 71.5 Å². The Morgan fingerprint density at radius 1 is 0.759 bits per heavy atom. The van der Waals surface area contributed by atoms with Crippen LogP contribution in [-0.4, -0.2) is 0 Å². The van der Waals surface area contributed by atoms with E-state index in [2.05, 4.69) is 61.2 Å². The number of terminal acetylenes is 2. The van der Waals surface area contributed by atoms with E-state index in [-0.39, 0.29) is 5.41 Å². The zero-order valence-electron chi connectivity index (χ0n) is 19.1. The molecule has 0 aliphatic carbocycles. The molecule has 0 rings (SSSR count). The van der Waals surface area contributed by atoms with Gasteiger partial charge in [0.15, 0.2) is 0 Å². The molecule has 0 aromatic rings. The lowest BCUT2D eigenvalue weighted by Crippen LogP contribution is -2.29. The fourth-order valence-electron chi connectivity index (χ4n) is 3.66. The lowest BCUT2D eigenvalue weighted by atomic mass is 9.64. The van der Waals surface area contributed by atoms with E-state index in [1.165, 1.54) is 5.92 Å². The van der Waals surface area contributed by atoms with Gasteiger partial charge in [0.05, 0.1) is 0 Å². The molecule has 1 unspecified atom stereocenters. The molecule has 29 heavy (non-hydrogen) atoms. The van der Waals surface area contributed by atoms with Crippen molar-refractivity contribution in [2.75, 3.05) is 0 Å². The Hall–Kier alpha value is -2.20. The quantitative estimate of drug-likeness (QED) is 0.229. The number of unbranched alkanes of at least 4 members (excludes halogenated alkanes) is 4. The fourth-order valence-corrected chi connectivity index (χ4v) is 3.66. The van der Waals surface area contributed by atoms with Crippen molar-refractivity contribution in [1.82, 2.24) is 0 Å². The number of hydrogen-bond acceptors (Lipinski definition) is 0. The van der Waals surface area contributed by atoms with Crippen molar-refractivity contribution in [1.29, 1.82) is 0 Å². The highest BCUT2D eigenvalue weighted by atomic mass is 14.4. The van der Waals surface area contributed by atoms with Crippen LogP contribution < -0.4 is 0 Å². The molecule has 0 aliphatic rings. The summed E-state index contributed by atoms with van der Waals surface area (Å²) in [4.78, 5) is 0. The summed E-state index contributed by atoms with van der Waals surface area (Å²) in [6, 6.07) is 0. The fraction of sp³-hybridized carbons (Fsp3) is 0.621. The van der Waals surface area contributed by atoms with Crippen LogP contribution in [0.5, 0.6) is 0 Å². The van der Waals surface area contributed by atoms with Crippen LogP contribution in [0.1, 0.15) is 111 Å². The van der Waals surface area contributed by atoms with E-state index in [9.17, 15) is 0 Å². The van der Waals surface area contributed by atoms with Crippen LogP contribution in [0.4, 0.5) is 0 Å². The van der Waals surface area contributed by atoms with Crippen molar-refractivity contribution in [2.45, 2.75) is 111 Å². The first-order chi connectivity index (χ1) is 14.2. The second kappa shape index (κ2) is 19.1. The molecule has 0 spiro atoms. The Balaban J connectivity index is 5.60. The lowest BCUT2D eigenvalue weighted by Gasteiger charge is -2.39. The SMILES string of the molecule is C#CCCCCC(CC#C)(CCCC#CC)[C](CC#CCCC)CCC#CCC. The van der Waals surface area contributed by atoms with Gasteiger partial charge in [-0.15, -0.1) is 60.2 Å². The minimum atomic E-state index is 0.0353. The average Bonchev–Trinajstić information content (AvgIpc) is 2.73. The van der Waals surface area contributed by atoms with E-state index in [1.807, 2.05) is 6.92 Å². The van der Waals surface area contributed by atoms with Crippen molar-refractivity contribution in [3.63, 3.8) is 0 Å². The molecule has 0 aliphatic heterocycles. The molecular weight excluding hydrogens is 348 g/mol. The van der Waals surface area contributed by atoms with E-state index in [0.717, 1.165) is 89.9 Å². The normalized spacial score (nSPS) is 11.5. The molecule has 155 valence electrons. The van der Waals surface area contributed by atoms with Crippen LogP contribution in [0.2, 0.25) is 0 Å². The van der Waals surface area contributed by atoms with Gasteiger partial charge in [0.25, 0.3) is 0 Å². The second-order valence-electron chi connectivity index (χ2n) is 7.44. The van der Waals surface area contributed by atoms with Gasteiger partial charge in [-0.1, -0.05) is 20.3 Å². The van der Waals surface area contributed by atoms with Gasteiger partial charge >= 0.3 is 0 Å². The van der Waals surface area contributed by atoms with E-state index >= 15 is 0 Å². The first-order valence-corrected chi connectivity index (χ1v) is 11.2. The average molecular weight is 388 g/mol. The van der Waals surface area contributed by atoms with Gasteiger partial charge in [-0.3, -0.25) is 0 Å². The minimum absolute atomic E-state index is 0.0353. The highest BCUT2D eigenvalue weighted by Gasteiger charge is 2.36. The first-order valence-electron chi connectivity index (χ1n) is 11.2. The first kappa shape index (κ1) is 26.8. The molecule has 0 nitrogen and oxygen atoms in total. The largest absolute Gasteiger partial charge is 0.120 e. The topological polar surface area (TPSA) is 0 Å². The molecule has 0 N–H and O–H groups in total. The maximum atomic E-state index is 5.88. The summed E-state index contributed by atoms with van der Waals surface area (Å²) in [6.07, 6.45) is 25.0. The van der Waals surface area contributed by atoms with Crippen molar-refractivity contribution in [3.05, 3.63) is 5.92 Å². The summed E-state index contributed by atoms with van der Waals surface area (Å²) in [5, 5.41) is 0. The lowest BCUT2D eigenvalue weighted by molar-refractivity contribution is 0.235. The maximum Gasteiger partial charge on any atom is 0.0157 e. The van der Waals surface area contributed by atoms with Gasteiger partial charge in [-0.05, 0) is 56.8 Å². The maximum absolute atomic E-state index is 5.88. The Morgan fingerprint density at radius 2 is 1.52 bits per heavy atom. The zero-order chi connectivity index (χ0) is 21.6. The Kier molecular flexibility index (Phi) is 17.7. The Morgan fingerprint density at radius 3 is 2.17 bits per heavy atom. The van der Waals surface area contributed by atoms with Gasteiger partial charge in [-0.2, -0.15) is 0 Å². The smallest absolute Gasteiger partial charge is 0.0157 e. The van der Waals surface area contributed by atoms with Crippen LogP contribution in [0.3, 0.4) is 0 Å². The van der Waals surface area contributed by atoms with Gasteiger partial charge in [0.1, 0.15) is 0 Å². The van der Waals surface area contributed by atoms with Gasteiger partial charge in [0, 0.05) is 44.9 Å². The van der Waals surface area contributed by atoms with Crippen LogP contribution in [0.15, 0.2) is 0 Å². The molecule has 0 aromatic heterocycles. The molecule has 1 atom stereocenters. The summed E-state index contributed by atoms with van der Waals surface area (Å²) in [7, 11) is 0. The zero-order valence-corrected chi connectivity index (χ0v) is 19.1. The van der Waals surface area contributed by atoms with Gasteiger partial charge in [-0.25, -0.2) is 0 Å². The summed E-state index contributed by atoms with van der Waals surface area (Å²) in [5.74, 6) is 26.8. The second-order valence-corrected chi connectivity index (χ2v) is 7.44. The van der Waals surface area contributed by atoms with Crippen LogP contribution in [0.25, 0.3) is 0 Å². The monoisotopic (exact) mass is 387 g/mol. The summed E-state index contributed by atoms with van der Waals surface area (Å²) >= 11 is 0. The van der Waals surface area contributed by atoms with Crippen molar-refractivity contribution in [3.8, 4) is 60.2 Å². The van der Waals surface area contributed by atoms with Crippen molar-refractivity contribution in [2.24, 2.45) is 5.41 Å². The molecular formula is C29H39. The van der Waals surface area contributed by atoms with E-state index in [4.69, 9.17) is 12.8 Å². The molecule has 0 fully saturated rings. The number of hydrogen-bond donors (Lipinski definition) is 0. The molecule has 0 bridgehead atoms. The van der Waals surface area contributed by atoms with Crippen molar-refractivity contribution >= 4 is 0 Å². The van der Waals surface area contributed by atoms with Crippen molar-refractivity contribution < 1.29 is 0 Å². The predicted octanol–water partition coefficient (Wildman–Crippen LogP) is 7.34. The summed E-state index contributed by atoms with van der Waals surface area (Å²) < 4.78 is 0. The number of rotatable bonds is 13. The third kappa shape index (κ3) is 12.8. The summed E-state index contributed by atoms with van der Waals surface area (Å²) in [6.45, 7) is 6.17. The molecule has 0 heteroatoms. The highest BCUT2D eigenvalue weighted by molar-refractivity contribution is 5.19. The van der Waals surface area contributed by atoms with Crippen LogP contribution >= 0.6 is 0 Å². The Bertz CT molecular complexity index is 677. The molecule has 0 heterocycles. The molecule has 0 saturated carbocycles. The van der Waals surface area contributed by atoms with Gasteiger partial charge in [0.2, 0.25) is 0 Å². The van der Waals surface area contributed by atoms with E-state index < -0.39 is 0 Å². The minimum Gasteiger partial charge on any atom is -0.120 e. The molecule has 1 radical (unpaired) electrons. The standard InChI is InChI=1S/C29H39/c1-6-11-15-19-23-28(24-20-16-12-7-2)29(25-10-5,26-21-17-13-8-3)27-22-18-14-9-4/h3,5H,6-7,11,13,17-18,20-27H2,1-2,4H3. The molecule has 0 amide bonds. The third-order valence-corrected chi connectivity index (χ3v) is 5.21. The van der Waals surface area contributed by atoms with E-state index in [0.29, 0.717) is 0 Å². The molecule has 0 aromatic carbocycles. The highest BCUT2D eigenvalue weighted by Crippen LogP contribution is 2.47.